The number of amides is 3. The van der Waals surface area contributed by atoms with E-state index >= 15 is 0 Å². The number of aryl methyl sites for hydroxylation is 2. The van der Waals surface area contributed by atoms with Crippen LogP contribution in [0.25, 0.3) is 0 Å². The Bertz CT molecular complexity index is 869. The molecule has 0 spiro atoms. The molecule has 2 aromatic rings. The maximum atomic E-state index is 13.2. The molecule has 3 rings (SSSR count). The van der Waals surface area contributed by atoms with Crippen molar-refractivity contribution in [2.75, 3.05) is 25.0 Å². The van der Waals surface area contributed by atoms with E-state index in [1.807, 2.05) is 36.9 Å². The Morgan fingerprint density at radius 2 is 1.96 bits per heavy atom. The molecule has 3 amide bonds. The number of rotatable bonds is 4. The summed E-state index contributed by atoms with van der Waals surface area (Å²) in [5, 5.41) is 5.45. The van der Waals surface area contributed by atoms with E-state index in [0.29, 0.717) is 24.3 Å². The molecule has 0 aromatic heterocycles. The van der Waals surface area contributed by atoms with Crippen molar-refractivity contribution in [3.05, 3.63) is 65.0 Å². The molecule has 28 heavy (non-hydrogen) atoms. The molecule has 2 aromatic carbocycles. The van der Waals surface area contributed by atoms with Gasteiger partial charge in [-0.25, -0.2) is 9.18 Å². The minimum atomic E-state index is -0.398. The number of carbonyl (C=O) groups is 2. The topological polar surface area (TPSA) is 61.4 Å². The number of urea groups is 1. The van der Waals surface area contributed by atoms with E-state index in [9.17, 15) is 14.0 Å². The van der Waals surface area contributed by atoms with Gasteiger partial charge >= 0.3 is 6.03 Å². The van der Waals surface area contributed by atoms with Crippen LogP contribution >= 0.6 is 0 Å². The van der Waals surface area contributed by atoms with Crippen LogP contribution in [0.3, 0.4) is 0 Å². The van der Waals surface area contributed by atoms with E-state index < -0.39 is 5.82 Å². The van der Waals surface area contributed by atoms with E-state index in [-0.39, 0.29) is 17.9 Å². The normalized spacial score (nSPS) is 16.5. The zero-order valence-corrected chi connectivity index (χ0v) is 16.3. The maximum absolute atomic E-state index is 13.2. The van der Waals surface area contributed by atoms with Crippen LogP contribution in [0.15, 0.2) is 42.5 Å². The summed E-state index contributed by atoms with van der Waals surface area (Å²) in [5.41, 5.74) is 3.39. The van der Waals surface area contributed by atoms with Gasteiger partial charge in [0.05, 0.1) is 0 Å². The number of nitrogens with zero attached hydrogens (tertiary/aromatic N) is 1. The first-order valence-corrected chi connectivity index (χ1v) is 9.59. The van der Waals surface area contributed by atoms with Crippen LogP contribution in [0, 0.1) is 25.6 Å². The highest BCUT2D eigenvalue weighted by molar-refractivity contribution is 5.94. The second-order valence-corrected chi connectivity index (χ2v) is 7.40. The van der Waals surface area contributed by atoms with Crippen LogP contribution in [0.1, 0.15) is 34.3 Å². The molecule has 0 aliphatic carbocycles. The molecule has 1 aliphatic rings. The molecule has 1 unspecified atom stereocenters. The Hall–Kier alpha value is -2.89. The van der Waals surface area contributed by atoms with Crippen molar-refractivity contribution in [3.8, 4) is 0 Å². The lowest BCUT2D eigenvalue weighted by atomic mass is 9.97. The average molecular weight is 383 g/mol. The molecule has 1 atom stereocenters. The van der Waals surface area contributed by atoms with Crippen LogP contribution in [-0.4, -0.2) is 36.5 Å². The SMILES string of the molecule is Cc1ccc(C(=O)N2CCCC(CNC(=O)Nc3cccc(F)c3)C2)cc1C. The van der Waals surface area contributed by atoms with Gasteiger partial charge in [-0.15, -0.1) is 0 Å². The van der Waals surface area contributed by atoms with Crippen LogP contribution in [0.5, 0.6) is 0 Å². The summed E-state index contributed by atoms with van der Waals surface area (Å²) >= 11 is 0. The molecule has 1 saturated heterocycles. The molecule has 148 valence electrons. The summed E-state index contributed by atoms with van der Waals surface area (Å²) < 4.78 is 13.2. The molecular weight excluding hydrogens is 357 g/mol. The van der Waals surface area contributed by atoms with Crippen molar-refractivity contribution in [2.24, 2.45) is 5.92 Å². The first-order chi connectivity index (χ1) is 13.4. The van der Waals surface area contributed by atoms with Crippen LogP contribution in [0.2, 0.25) is 0 Å². The second kappa shape index (κ2) is 8.87. The lowest BCUT2D eigenvalue weighted by Gasteiger charge is -2.33. The lowest BCUT2D eigenvalue weighted by molar-refractivity contribution is 0.0675. The van der Waals surface area contributed by atoms with Gasteiger partial charge in [-0.1, -0.05) is 12.1 Å². The van der Waals surface area contributed by atoms with Gasteiger partial charge in [0, 0.05) is 30.9 Å². The summed E-state index contributed by atoms with van der Waals surface area (Å²) in [7, 11) is 0. The zero-order valence-electron chi connectivity index (χ0n) is 16.3. The summed E-state index contributed by atoms with van der Waals surface area (Å²) in [6.07, 6.45) is 1.87. The lowest BCUT2D eigenvalue weighted by Crippen LogP contribution is -2.44. The number of benzene rings is 2. The third kappa shape index (κ3) is 5.09. The fraction of sp³-hybridized carbons (Fsp3) is 0.364. The van der Waals surface area contributed by atoms with Crippen molar-refractivity contribution in [1.82, 2.24) is 10.2 Å². The van der Waals surface area contributed by atoms with E-state index in [1.165, 1.54) is 17.7 Å². The number of nitrogens with one attached hydrogen (secondary N) is 2. The molecule has 1 fully saturated rings. The number of hydrogen-bond donors (Lipinski definition) is 2. The highest BCUT2D eigenvalue weighted by atomic mass is 19.1. The van der Waals surface area contributed by atoms with Gasteiger partial charge in [-0.3, -0.25) is 4.79 Å². The highest BCUT2D eigenvalue weighted by Gasteiger charge is 2.25. The van der Waals surface area contributed by atoms with Crippen molar-refractivity contribution in [3.63, 3.8) is 0 Å². The van der Waals surface area contributed by atoms with Gasteiger partial charge in [0.2, 0.25) is 0 Å². The maximum Gasteiger partial charge on any atom is 0.319 e. The molecule has 6 heteroatoms. The number of anilines is 1. The fourth-order valence-electron chi connectivity index (χ4n) is 3.45. The predicted molar refractivity (Wildman–Crippen MR) is 108 cm³/mol. The van der Waals surface area contributed by atoms with Gasteiger partial charge in [0.25, 0.3) is 5.91 Å². The van der Waals surface area contributed by atoms with E-state index in [0.717, 1.165) is 24.9 Å². The third-order valence-electron chi connectivity index (χ3n) is 5.19. The van der Waals surface area contributed by atoms with Gasteiger partial charge in [0.15, 0.2) is 0 Å². The minimum Gasteiger partial charge on any atom is -0.338 e. The summed E-state index contributed by atoms with van der Waals surface area (Å²) in [6.45, 7) is 5.86. The quantitative estimate of drug-likeness (QED) is 0.834. The average Bonchev–Trinajstić information content (AvgIpc) is 2.68. The Labute approximate surface area is 164 Å². The summed E-state index contributed by atoms with van der Waals surface area (Å²) in [6, 6.07) is 11.2. The van der Waals surface area contributed by atoms with E-state index in [1.54, 1.807) is 12.1 Å². The summed E-state index contributed by atoms with van der Waals surface area (Å²) in [4.78, 5) is 26.7. The number of hydrogen-bond acceptors (Lipinski definition) is 2. The molecule has 0 bridgehead atoms. The number of piperidine rings is 1. The van der Waals surface area contributed by atoms with Crippen LogP contribution in [0.4, 0.5) is 14.9 Å². The first kappa shape index (κ1) is 19.9. The molecule has 2 N–H and O–H groups in total. The third-order valence-corrected chi connectivity index (χ3v) is 5.19. The van der Waals surface area contributed by atoms with Crippen molar-refractivity contribution < 1.29 is 14.0 Å². The minimum absolute atomic E-state index is 0.0389. The first-order valence-electron chi connectivity index (χ1n) is 9.59. The van der Waals surface area contributed by atoms with Gasteiger partial charge in [-0.05, 0) is 74.1 Å². The van der Waals surface area contributed by atoms with Crippen LogP contribution in [-0.2, 0) is 0 Å². The van der Waals surface area contributed by atoms with Crippen molar-refractivity contribution in [1.29, 1.82) is 0 Å². The van der Waals surface area contributed by atoms with Crippen molar-refractivity contribution >= 4 is 17.6 Å². The Kier molecular flexibility index (Phi) is 6.29. The fourth-order valence-corrected chi connectivity index (χ4v) is 3.45. The zero-order chi connectivity index (χ0) is 20.1. The molecule has 1 heterocycles. The number of carbonyl (C=O) groups excluding carboxylic acids is 2. The van der Waals surface area contributed by atoms with Crippen molar-refractivity contribution in [2.45, 2.75) is 26.7 Å². The molecule has 1 aliphatic heterocycles. The van der Waals surface area contributed by atoms with Gasteiger partial charge in [0.1, 0.15) is 5.82 Å². The smallest absolute Gasteiger partial charge is 0.319 e. The molecule has 5 nitrogen and oxygen atoms in total. The Morgan fingerprint density at radius 1 is 1.14 bits per heavy atom. The van der Waals surface area contributed by atoms with Crippen LogP contribution < -0.4 is 10.6 Å². The highest BCUT2D eigenvalue weighted by Crippen LogP contribution is 2.19. The van der Waals surface area contributed by atoms with Gasteiger partial charge < -0.3 is 15.5 Å². The Balaban J connectivity index is 1.52. The largest absolute Gasteiger partial charge is 0.338 e. The van der Waals surface area contributed by atoms with E-state index in [2.05, 4.69) is 10.6 Å². The number of halogens is 1. The second-order valence-electron chi connectivity index (χ2n) is 7.40. The number of likely N-dealkylation sites (tertiary alicyclic amines) is 1. The molecule has 0 radical (unpaired) electrons. The monoisotopic (exact) mass is 383 g/mol. The molecule has 0 saturated carbocycles. The van der Waals surface area contributed by atoms with E-state index in [4.69, 9.17) is 0 Å². The predicted octanol–water partition coefficient (Wildman–Crippen LogP) is 4.12. The Morgan fingerprint density at radius 3 is 2.71 bits per heavy atom. The summed E-state index contributed by atoms with van der Waals surface area (Å²) in [5.74, 6) is -0.162. The molecular formula is C22H26FN3O2. The van der Waals surface area contributed by atoms with Gasteiger partial charge in [-0.2, -0.15) is 0 Å². The standard InChI is InChI=1S/C22H26FN3O2/c1-15-8-9-18(11-16(15)2)21(27)26-10-4-5-17(14-26)13-24-22(28)25-20-7-3-6-19(23)12-20/h3,6-9,11-12,17H,4-5,10,13-14H2,1-2H3,(H2,24,25,28).